The number of aromatic nitrogens is 3. The summed E-state index contributed by atoms with van der Waals surface area (Å²) in [5, 5.41) is 25.5. The summed E-state index contributed by atoms with van der Waals surface area (Å²) in [6.07, 6.45) is 0. The lowest BCUT2D eigenvalue weighted by Gasteiger charge is -1.94. The van der Waals surface area contributed by atoms with E-state index in [1.807, 2.05) is 0 Å². The number of rotatable bonds is 2. The Labute approximate surface area is 106 Å². The smallest absolute Gasteiger partial charge is 0.227 e. The number of hydrogen-bond acceptors (Lipinski definition) is 6. The van der Waals surface area contributed by atoms with Crippen molar-refractivity contribution >= 4 is 27.7 Å². The van der Waals surface area contributed by atoms with Crippen LogP contribution >= 0.6 is 0 Å². The highest BCUT2D eigenvalue weighted by molar-refractivity contribution is 6.16. The lowest BCUT2D eigenvalue weighted by atomic mass is 10.1. The summed E-state index contributed by atoms with van der Waals surface area (Å²) in [5.41, 5.74) is 6.63. The van der Waals surface area contributed by atoms with E-state index in [2.05, 4.69) is 9.79 Å². The second-order valence-electron chi connectivity index (χ2n) is 4.16. The summed E-state index contributed by atoms with van der Waals surface area (Å²) in [4.78, 5) is 12.4. The molecule has 0 aliphatic carbocycles. The molecule has 2 aromatic heterocycles. The Balaban J connectivity index is 2.56. The standard InChI is InChI=1S/C11H10N4O4/c1-5-9(8(16)4-12)10-6(14(5)17)2-3-7-11(10)13-19-15(7)18/h2-3,18H,4,12H2,1H3. The van der Waals surface area contributed by atoms with Crippen molar-refractivity contribution in [3.05, 3.63) is 28.6 Å². The average molecular weight is 262 g/mol. The van der Waals surface area contributed by atoms with Crippen LogP contribution in [-0.2, 0) is 0 Å². The van der Waals surface area contributed by atoms with Crippen LogP contribution in [0.15, 0.2) is 16.8 Å². The Morgan fingerprint density at radius 1 is 1.63 bits per heavy atom. The number of hydrogen-bond donors (Lipinski definition) is 2. The van der Waals surface area contributed by atoms with Gasteiger partial charge in [0.05, 0.1) is 11.9 Å². The van der Waals surface area contributed by atoms with Gasteiger partial charge < -0.3 is 16.1 Å². The van der Waals surface area contributed by atoms with Gasteiger partial charge in [-0.2, -0.15) is 4.73 Å². The molecule has 0 atom stereocenters. The first kappa shape index (κ1) is 11.5. The molecular weight excluding hydrogens is 252 g/mol. The van der Waals surface area contributed by atoms with E-state index in [0.29, 0.717) is 15.0 Å². The van der Waals surface area contributed by atoms with Crippen LogP contribution in [0.2, 0.25) is 0 Å². The van der Waals surface area contributed by atoms with Crippen molar-refractivity contribution < 1.29 is 19.4 Å². The first-order chi connectivity index (χ1) is 9.06. The monoisotopic (exact) mass is 262 g/mol. The highest BCUT2D eigenvalue weighted by Gasteiger charge is 2.28. The molecule has 0 aliphatic rings. The summed E-state index contributed by atoms with van der Waals surface area (Å²) in [6, 6.07) is 2.98. The Morgan fingerprint density at radius 2 is 2.37 bits per heavy atom. The minimum atomic E-state index is -0.364. The second kappa shape index (κ2) is 3.69. The van der Waals surface area contributed by atoms with Crippen LogP contribution in [0, 0.1) is 12.1 Å². The molecule has 3 aromatic rings. The maximum absolute atomic E-state index is 12.0. The van der Waals surface area contributed by atoms with Gasteiger partial charge in [-0.15, -0.1) is 0 Å². The first-order valence-corrected chi connectivity index (χ1v) is 5.52. The average Bonchev–Trinajstić information content (AvgIpc) is 2.90. The fourth-order valence-electron chi connectivity index (χ4n) is 2.26. The summed E-state index contributed by atoms with van der Waals surface area (Å²) < 4.78 is 5.26. The number of carbonyl (C=O) groups is 1. The van der Waals surface area contributed by atoms with Crippen LogP contribution in [-0.4, -0.2) is 27.6 Å². The topological polar surface area (TPSA) is 121 Å². The normalized spacial score (nSPS) is 11.5. The minimum Gasteiger partial charge on any atom is -0.618 e. The van der Waals surface area contributed by atoms with Crippen LogP contribution in [0.3, 0.4) is 0 Å². The van der Waals surface area contributed by atoms with Gasteiger partial charge in [0.2, 0.25) is 11.2 Å². The molecule has 0 fully saturated rings. The summed E-state index contributed by atoms with van der Waals surface area (Å²) in [5.74, 6) is -0.364. The Kier molecular flexibility index (Phi) is 2.23. The van der Waals surface area contributed by atoms with E-state index in [-0.39, 0.29) is 40.1 Å². The SMILES string of the molecule is Cc1c(C(=O)CN)c2c3non(O)c3ccc2[n+]1[O-]. The van der Waals surface area contributed by atoms with Gasteiger partial charge in [0.15, 0.2) is 16.8 Å². The summed E-state index contributed by atoms with van der Waals surface area (Å²) >= 11 is 0. The maximum Gasteiger partial charge on any atom is 0.227 e. The van der Waals surface area contributed by atoms with Crippen molar-refractivity contribution in [1.82, 2.24) is 10.1 Å². The maximum atomic E-state index is 12.0. The number of ketones is 1. The van der Waals surface area contributed by atoms with Crippen molar-refractivity contribution in [3.8, 4) is 0 Å². The zero-order valence-electron chi connectivity index (χ0n) is 9.95. The van der Waals surface area contributed by atoms with Gasteiger partial charge in [-0.05, 0) is 16.1 Å². The van der Waals surface area contributed by atoms with E-state index < -0.39 is 0 Å². The van der Waals surface area contributed by atoms with Crippen LogP contribution < -0.4 is 10.5 Å². The van der Waals surface area contributed by atoms with Gasteiger partial charge in [-0.1, -0.05) is 0 Å². The van der Waals surface area contributed by atoms with Crippen LogP contribution in [0.5, 0.6) is 0 Å². The van der Waals surface area contributed by atoms with E-state index in [9.17, 15) is 15.2 Å². The van der Waals surface area contributed by atoms with Gasteiger partial charge in [0.25, 0.3) is 0 Å². The number of carbonyl (C=O) groups excluding carboxylic acids is 1. The molecule has 3 rings (SSSR count). The fourth-order valence-corrected chi connectivity index (χ4v) is 2.26. The number of benzene rings is 1. The molecule has 0 unspecified atom stereocenters. The molecular formula is C11H10N4O4. The highest BCUT2D eigenvalue weighted by Crippen LogP contribution is 2.28. The molecule has 8 nitrogen and oxygen atoms in total. The van der Waals surface area contributed by atoms with Crippen molar-refractivity contribution in [2.75, 3.05) is 6.54 Å². The molecule has 0 saturated carbocycles. The fraction of sp³-hybridized carbons (Fsp3) is 0.182. The Morgan fingerprint density at radius 3 is 3.05 bits per heavy atom. The number of nitrogens with two attached hydrogens (primary N) is 1. The number of Topliss-reactive ketones (excluding diaryl/α,β-unsaturated/α-hetero) is 1. The van der Waals surface area contributed by atoms with Crippen LogP contribution in [0.4, 0.5) is 0 Å². The summed E-state index contributed by atoms with van der Waals surface area (Å²) in [6.45, 7) is 1.32. The van der Waals surface area contributed by atoms with E-state index in [0.717, 1.165) is 0 Å². The summed E-state index contributed by atoms with van der Waals surface area (Å²) in [7, 11) is 0. The molecule has 3 N–H and O–H groups in total. The third-order valence-electron chi connectivity index (χ3n) is 3.15. The van der Waals surface area contributed by atoms with Crippen molar-refractivity contribution in [1.29, 1.82) is 0 Å². The predicted molar refractivity (Wildman–Crippen MR) is 63.8 cm³/mol. The first-order valence-electron chi connectivity index (χ1n) is 5.52. The van der Waals surface area contributed by atoms with Gasteiger partial charge >= 0.3 is 0 Å². The molecule has 0 aliphatic heterocycles. The van der Waals surface area contributed by atoms with Gasteiger partial charge in [0.1, 0.15) is 5.56 Å². The zero-order valence-corrected chi connectivity index (χ0v) is 9.95. The molecule has 98 valence electrons. The molecule has 0 saturated heterocycles. The van der Waals surface area contributed by atoms with Crippen LogP contribution in [0.25, 0.3) is 21.9 Å². The van der Waals surface area contributed by atoms with Crippen molar-refractivity contribution in [2.45, 2.75) is 6.92 Å². The van der Waals surface area contributed by atoms with Crippen molar-refractivity contribution in [2.24, 2.45) is 5.73 Å². The van der Waals surface area contributed by atoms with Gasteiger partial charge in [0, 0.05) is 13.0 Å². The van der Waals surface area contributed by atoms with E-state index in [1.54, 1.807) is 0 Å². The van der Waals surface area contributed by atoms with E-state index >= 15 is 0 Å². The van der Waals surface area contributed by atoms with E-state index in [1.165, 1.54) is 19.1 Å². The molecule has 0 radical (unpaired) electrons. The molecule has 0 bridgehead atoms. The lowest BCUT2D eigenvalue weighted by Crippen LogP contribution is -2.28. The Bertz CT molecular complexity index is 817. The lowest BCUT2D eigenvalue weighted by molar-refractivity contribution is -0.581. The molecule has 19 heavy (non-hydrogen) atoms. The van der Waals surface area contributed by atoms with E-state index in [4.69, 9.17) is 5.73 Å². The van der Waals surface area contributed by atoms with Crippen molar-refractivity contribution in [3.63, 3.8) is 0 Å². The second-order valence-corrected chi connectivity index (χ2v) is 4.16. The molecule has 0 spiro atoms. The van der Waals surface area contributed by atoms with Gasteiger partial charge in [-0.3, -0.25) is 4.79 Å². The molecule has 1 aromatic carbocycles. The highest BCUT2D eigenvalue weighted by atomic mass is 16.8. The van der Waals surface area contributed by atoms with Gasteiger partial charge in [-0.25, -0.2) is 4.63 Å². The largest absolute Gasteiger partial charge is 0.618 e. The molecule has 0 amide bonds. The zero-order chi connectivity index (χ0) is 13.7. The minimum absolute atomic E-state index is 0.215. The number of nitrogens with zero attached hydrogens (tertiary/aromatic N) is 3. The quantitative estimate of drug-likeness (QED) is 0.292. The molecule has 2 heterocycles. The third-order valence-corrected chi connectivity index (χ3v) is 3.15. The molecule has 8 heteroatoms. The Hall–Kier alpha value is -2.61. The number of fused-ring (bicyclic) bond motifs is 3. The third kappa shape index (κ3) is 1.34. The predicted octanol–water partition coefficient (Wildman–Crippen LogP) is 0.103. The van der Waals surface area contributed by atoms with Crippen LogP contribution in [0.1, 0.15) is 16.1 Å².